The molecule has 0 heteroatoms. The van der Waals surface area contributed by atoms with Gasteiger partial charge in [0.2, 0.25) is 0 Å². The highest BCUT2D eigenvalue weighted by Crippen LogP contribution is 2.51. The van der Waals surface area contributed by atoms with Crippen LogP contribution in [-0.4, -0.2) is 0 Å². The highest BCUT2D eigenvalue weighted by atomic mass is 14.4. The van der Waals surface area contributed by atoms with Gasteiger partial charge >= 0.3 is 0 Å². The lowest BCUT2D eigenvalue weighted by molar-refractivity contribution is 0.358. The number of hydrogen-bond donors (Lipinski definition) is 0. The van der Waals surface area contributed by atoms with Gasteiger partial charge in [0.25, 0.3) is 0 Å². The molecule has 0 aromatic heterocycles. The van der Waals surface area contributed by atoms with Gasteiger partial charge in [0.15, 0.2) is 0 Å². The summed E-state index contributed by atoms with van der Waals surface area (Å²) < 4.78 is 0. The fourth-order valence-corrected chi connectivity index (χ4v) is 12.5. The normalized spacial score (nSPS) is 17.8. The first-order chi connectivity index (χ1) is 35.9. The molecule has 0 spiro atoms. The van der Waals surface area contributed by atoms with E-state index >= 15 is 0 Å². The van der Waals surface area contributed by atoms with Crippen LogP contribution in [0.15, 0.2) is 41.0 Å². The first-order valence-electron chi connectivity index (χ1n) is 33.5. The summed E-state index contributed by atoms with van der Waals surface area (Å²) in [4.78, 5) is 0. The molecule has 0 amide bonds. The van der Waals surface area contributed by atoms with Gasteiger partial charge in [-0.2, -0.15) is 0 Å². The summed E-state index contributed by atoms with van der Waals surface area (Å²) in [5.41, 5.74) is 23.4. The Morgan fingerprint density at radius 2 is 0.805 bits per heavy atom. The van der Waals surface area contributed by atoms with Crippen molar-refractivity contribution in [3.63, 3.8) is 0 Å². The molecule has 0 unspecified atom stereocenters. The molecule has 0 heterocycles. The van der Waals surface area contributed by atoms with Gasteiger partial charge in [-0.15, -0.1) is 0 Å². The minimum absolute atomic E-state index is 0.377. The fourth-order valence-electron chi connectivity index (χ4n) is 12.5. The standard InChI is InChI=1S/C25H44.2C25H42.C2H6/c1-20-14-17-24(5,6)22(13-9-11-16-25(7)18-19-25)21(20)12-8-10-15-23(2,3)4;1-19-18-22(12-8-10-14-24(4,5)6)23(21(3)20(19)2)13-9-11-15-25(7)16-17-25;1-7-21-18-20(2)23(13-9-10-14-24(3,4)5)22(19-21)12-8-11-15-25(6)16-17-25;1-2/h14H,8-13,15-19H2,1-7H3;18H,8-17H2,1-7H3;18-19H,7-17H2,1-6H3;1-2H3. The van der Waals surface area contributed by atoms with Crippen LogP contribution in [0.4, 0.5) is 0 Å². The topological polar surface area (TPSA) is 0 Å². The molecule has 77 heavy (non-hydrogen) atoms. The summed E-state index contributed by atoms with van der Waals surface area (Å²) >= 11 is 0. The lowest BCUT2D eigenvalue weighted by Gasteiger charge is -2.35. The average molecular weight is 1060 g/mol. The second-order valence-electron chi connectivity index (χ2n) is 31.8. The smallest absolute Gasteiger partial charge is 0.0104 e. The van der Waals surface area contributed by atoms with E-state index in [4.69, 9.17) is 0 Å². The molecule has 0 saturated heterocycles. The molecule has 4 aliphatic rings. The summed E-state index contributed by atoms with van der Waals surface area (Å²) in [6, 6.07) is 7.45. The van der Waals surface area contributed by atoms with Crippen molar-refractivity contribution < 1.29 is 0 Å². The molecule has 0 radical (unpaired) electrons. The molecule has 3 saturated carbocycles. The van der Waals surface area contributed by atoms with Crippen molar-refractivity contribution in [3.05, 3.63) is 91.1 Å². The van der Waals surface area contributed by atoms with E-state index in [1.54, 1.807) is 50.1 Å². The number of hydrogen-bond acceptors (Lipinski definition) is 0. The molecule has 0 aliphatic heterocycles. The van der Waals surface area contributed by atoms with Crippen LogP contribution in [0.25, 0.3) is 0 Å². The van der Waals surface area contributed by atoms with Crippen LogP contribution in [0.1, 0.15) is 348 Å². The molecule has 0 N–H and O–H groups in total. The lowest BCUT2D eigenvalue weighted by Crippen LogP contribution is -2.20. The Kier molecular flexibility index (Phi) is 28.2. The summed E-state index contributed by atoms with van der Waals surface area (Å²) in [7, 11) is 0. The zero-order valence-corrected chi connectivity index (χ0v) is 56.4. The summed E-state index contributed by atoms with van der Waals surface area (Å²) in [5.74, 6) is 0. The highest BCUT2D eigenvalue weighted by molar-refractivity contribution is 5.45. The third-order valence-corrected chi connectivity index (χ3v) is 19.5. The second kappa shape index (κ2) is 31.4. The van der Waals surface area contributed by atoms with Gasteiger partial charge in [-0.1, -0.05) is 192 Å². The van der Waals surface area contributed by atoms with Crippen LogP contribution < -0.4 is 0 Å². The van der Waals surface area contributed by atoms with Crippen molar-refractivity contribution in [2.24, 2.45) is 37.9 Å². The molecule has 0 nitrogen and oxygen atoms in total. The Labute approximate surface area is 484 Å². The van der Waals surface area contributed by atoms with Crippen molar-refractivity contribution in [1.29, 1.82) is 0 Å². The van der Waals surface area contributed by atoms with E-state index in [0.29, 0.717) is 27.1 Å². The van der Waals surface area contributed by atoms with Crippen molar-refractivity contribution in [3.8, 4) is 0 Å². The Bertz CT molecular complexity index is 2090. The molecule has 3 fully saturated rings. The third kappa shape index (κ3) is 27.0. The minimum Gasteiger partial charge on any atom is -0.0805 e. The third-order valence-electron chi connectivity index (χ3n) is 19.5. The first kappa shape index (κ1) is 69.2. The van der Waals surface area contributed by atoms with Crippen molar-refractivity contribution in [2.75, 3.05) is 0 Å². The first-order valence-corrected chi connectivity index (χ1v) is 33.5. The largest absolute Gasteiger partial charge is 0.0805 e. The van der Waals surface area contributed by atoms with Crippen LogP contribution in [0, 0.1) is 65.6 Å². The molecular weight excluding hydrogens is 925 g/mol. The maximum atomic E-state index is 2.52. The van der Waals surface area contributed by atoms with E-state index in [1.165, 1.54) is 216 Å². The van der Waals surface area contributed by atoms with Crippen LogP contribution in [0.5, 0.6) is 0 Å². The molecular formula is C77H134. The SMILES string of the molecule is CC.CC1=CCC(C)(C)C(CCCCC2(C)CC2)=C1CCCCC(C)(C)C.CCc1cc(C)c(CCCCC(C)(C)C)c(CCCCC2(C)CC2)c1.Cc1cc(CCCCC(C)(C)C)c(CCCCC2(C)CC2)c(C)c1C. The van der Waals surface area contributed by atoms with E-state index < -0.39 is 0 Å². The number of benzene rings is 2. The second-order valence-corrected chi connectivity index (χ2v) is 31.8. The van der Waals surface area contributed by atoms with E-state index in [0.717, 1.165) is 17.3 Å². The predicted octanol–water partition coefficient (Wildman–Crippen LogP) is 25.4. The van der Waals surface area contributed by atoms with E-state index in [2.05, 4.69) is 163 Å². The Balaban J connectivity index is 0.000000299. The summed E-state index contributed by atoms with van der Waals surface area (Å²) in [6.45, 7) is 51.6. The molecule has 2 aromatic carbocycles. The fraction of sp³-hybridized carbons (Fsp3) is 0.792. The van der Waals surface area contributed by atoms with Gasteiger partial charge in [0, 0.05) is 0 Å². The van der Waals surface area contributed by atoms with Gasteiger partial charge in [-0.3, -0.25) is 0 Å². The molecule has 6 rings (SSSR count). The summed E-state index contributed by atoms with van der Waals surface area (Å²) in [5, 5.41) is 0. The average Bonchev–Trinajstić information content (AvgIpc) is 4.31. The summed E-state index contributed by atoms with van der Waals surface area (Å²) in [6.07, 6.45) is 46.4. The van der Waals surface area contributed by atoms with Crippen LogP contribution in [-0.2, 0) is 32.1 Å². The monoisotopic (exact) mass is 1060 g/mol. The van der Waals surface area contributed by atoms with Gasteiger partial charge in [-0.25, -0.2) is 0 Å². The molecule has 0 atom stereocenters. The van der Waals surface area contributed by atoms with E-state index in [-0.39, 0.29) is 0 Å². The Morgan fingerprint density at radius 1 is 0.416 bits per heavy atom. The zero-order valence-electron chi connectivity index (χ0n) is 56.4. The van der Waals surface area contributed by atoms with Crippen molar-refractivity contribution in [2.45, 2.75) is 358 Å². The Hall–Kier alpha value is -2.08. The number of allylic oxidation sites excluding steroid dienone is 4. The van der Waals surface area contributed by atoms with Gasteiger partial charge in [0.1, 0.15) is 0 Å². The minimum atomic E-state index is 0.377. The molecule has 0 bridgehead atoms. The molecule has 2 aromatic rings. The van der Waals surface area contributed by atoms with Crippen molar-refractivity contribution in [1.82, 2.24) is 0 Å². The number of aryl methyl sites for hydroxylation is 5. The van der Waals surface area contributed by atoms with Crippen LogP contribution in [0.2, 0.25) is 0 Å². The highest BCUT2D eigenvalue weighted by Gasteiger charge is 2.38. The maximum Gasteiger partial charge on any atom is -0.0104 e. The van der Waals surface area contributed by atoms with Crippen LogP contribution in [0.3, 0.4) is 0 Å². The maximum absolute atomic E-state index is 2.52. The predicted molar refractivity (Wildman–Crippen MR) is 349 cm³/mol. The van der Waals surface area contributed by atoms with Crippen molar-refractivity contribution >= 4 is 0 Å². The van der Waals surface area contributed by atoms with E-state index in [1.807, 2.05) is 13.8 Å². The Morgan fingerprint density at radius 3 is 1.25 bits per heavy atom. The van der Waals surface area contributed by atoms with Gasteiger partial charge < -0.3 is 0 Å². The lowest BCUT2D eigenvalue weighted by atomic mass is 9.70. The quantitative estimate of drug-likeness (QED) is 0.0745. The molecule has 442 valence electrons. The van der Waals surface area contributed by atoms with Gasteiger partial charge in [-0.05, 0) is 295 Å². The number of rotatable bonds is 28. The zero-order chi connectivity index (χ0) is 57.9. The molecule has 4 aliphatic carbocycles. The van der Waals surface area contributed by atoms with E-state index in [9.17, 15) is 0 Å². The number of unbranched alkanes of at least 4 members (excludes halogenated alkanes) is 6. The van der Waals surface area contributed by atoms with Gasteiger partial charge in [0.05, 0.1) is 0 Å². The van der Waals surface area contributed by atoms with Crippen LogP contribution >= 0.6 is 0 Å².